The van der Waals surface area contributed by atoms with Gasteiger partial charge < -0.3 is 9.73 Å². The molecule has 2 rings (SSSR count). The summed E-state index contributed by atoms with van der Waals surface area (Å²) >= 11 is 1.21. The second-order valence-corrected chi connectivity index (χ2v) is 6.23. The quantitative estimate of drug-likeness (QED) is 0.611. The third-order valence-electron chi connectivity index (χ3n) is 3.24. The van der Waals surface area contributed by atoms with E-state index in [1.165, 1.54) is 18.8 Å². The smallest absolute Gasteiger partial charge is 0.321 e. The van der Waals surface area contributed by atoms with E-state index in [4.69, 9.17) is 4.42 Å². The SMILES string of the molecule is C=CCn1c(SC(C)C(=O)NC(=O)NC)nnc1-c1ccoc1C. The van der Waals surface area contributed by atoms with Crippen molar-refractivity contribution in [3.05, 3.63) is 30.7 Å². The van der Waals surface area contributed by atoms with Crippen LogP contribution >= 0.6 is 11.8 Å². The maximum Gasteiger partial charge on any atom is 0.321 e. The summed E-state index contributed by atoms with van der Waals surface area (Å²) in [5.41, 5.74) is 0.832. The molecule has 0 spiro atoms. The highest BCUT2D eigenvalue weighted by Crippen LogP contribution is 2.29. The first-order valence-electron chi connectivity index (χ1n) is 7.25. The molecule has 0 saturated carbocycles. The summed E-state index contributed by atoms with van der Waals surface area (Å²) in [6, 6.07) is 1.27. The largest absolute Gasteiger partial charge is 0.469 e. The minimum atomic E-state index is -0.547. The Balaban J connectivity index is 2.23. The molecule has 0 radical (unpaired) electrons. The Kier molecular flexibility index (Phi) is 5.80. The van der Waals surface area contributed by atoms with E-state index in [-0.39, 0.29) is 0 Å². The molecule has 128 valence electrons. The van der Waals surface area contributed by atoms with E-state index < -0.39 is 17.2 Å². The van der Waals surface area contributed by atoms with Crippen LogP contribution in [-0.4, -0.2) is 39.0 Å². The highest BCUT2D eigenvalue weighted by molar-refractivity contribution is 8.00. The van der Waals surface area contributed by atoms with Gasteiger partial charge in [0.1, 0.15) is 5.76 Å². The van der Waals surface area contributed by atoms with Gasteiger partial charge in [0.05, 0.1) is 17.1 Å². The van der Waals surface area contributed by atoms with Crippen LogP contribution in [0.25, 0.3) is 11.4 Å². The van der Waals surface area contributed by atoms with Crippen LogP contribution in [0, 0.1) is 6.92 Å². The predicted molar refractivity (Wildman–Crippen MR) is 90.6 cm³/mol. The van der Waals surface area contributed by atoms with Crippen LogP contribution in [0.5, 0.6) is 0 Å². The molecule has 0 fully saturated rings. The van der Waals surface area contributed by atoms with Crippen molar-refractivity contribution in [1.29, 1.82) is 0 Å². The lowest BCUT2D eigenvalue weighted by Gasteiger charge is -2.12. The van der Waals surface area contributed by atoms with Crippen LogP contribution in [0.3, 0.4) is 0 Å². The number of urea groups is 1. The molecule has 3 amide bonds. The lowest BCUT2D eigenvalue weighted by Crippen LogP contribution is -2.41. The van der Waals surface area contributed by atoms with Crippen LogP contribution in [0.2, 0.25) is 0 Å². The van der Waals surface area contributed by atoms with Crippen LogP contribution in [-0.2, 0) is 11.3 Å². The fraction of sp³-hybridized carbons (Fsp3) is 0.333. The topological polar surface area (TPSA) is 102 Å². The molecule has 9 heteroatoms. The van der Waals surface area contributed by atoms with Gasteiger partial charge in [0, 0.05) is 13.6 Å². The number of imide groups is 1. The number of carbonyl (C=O) groups excluding carboxylic acids is 2. The number of aryl methyl sites for hydroxylation is 1. The third-order valence-corrected chi connectivity index (χ3v) is 4.32. The van der Waals surface area contributed by atoms with E-state index in [2.05, 4.69) is 27.4 Å². The Morgan fingerprint density at radius 1 is 1.50 bits per heavy atom. The minimum Gasteiger partial charge on any atom is -0.469 e. The lowest BCUT2D eigenvalue weighted by molar-refractivity contribution is -0.119. The van der Waals surface area contributed by atoms with Gasteiger partial charge in [-0.2, -0.15) is 0 Å². The van der Waals surface area contributed by atoms with Crippen LogP contribution in [0.15, 0.2) is 34.6 Å². The second-order valence-electron chi connectivity index (χ2n) is 4.92. The number of nitrogens with one attached hydrogen (secondary N) is 2. The Bertz CT molecular complexity index is 752. The number of carbonyl (C=O) groups is 2. The molecule has 2 aromatic heterocycles. The average Bonchev–Trinajstić information content (AvgIpc) is 3.14. The molecule has 0 aliphatic heterocycles. The molecule has 8 nitrogen and oxygen atoms in total. The maximum atomic E-state index is 12.0. The summed E-state index contributed by atoms with van der Waals surface area (Å²) < 4.78 is 7.16. The molecule has 2 heterocycles. The van der Waals surface area contributed by atoms with E-state index in [9.17, 15) is 9.59 Å². The van der Waals surface area contributed by atoms with E-state index in [0.717, 1.165) is 11.3 Å². The van der Waals surface area contributed by atoms with Gasteiger partial charge in [-0.15, -0.1) is 16.8 Å². The first kappa shape index (κ1) is 17.8. The molecule has 1 atom stereocenters. The zero-order chi connectivity index (χ0) is 17.7. The standard InChI is InChI=1S/C15H19N5O3S/c1-5-7-20-12(11-6-8-23-9(11)2)18-19-15(20)24-10(3)13(21)17-14(22)16-4/h5-6,8,10H,1,7H2,2-4H3,(H2,16,17,21,22). The van der Waals surface area contributed by atoms with E-state index in [1.807, 2.05) is 17.6 Å². The molecule has 2 aromatic rings. The average molecular weight is 349 g/mol. The second kappa shape index (κ2) is 7.82. The monoisotopic (exact) mass is 349 g/mol. The predicted octanol–water partition coefficient (Wildman–Crippen LogP) is 1.97. The molecular weight excluding hydrogens is 330 g/mol. The number of hydrogen-bond acceptors (Lipinski definition) is 6. The van der Waals surface area contributed by atoms with Crippen LogP contribution < -0.4 is 10.6 Å². The highest BCUT2D eigenvalue weighted by Gasteiger charge is 2.22. The number of hydrogen-bond donors (Lipinski definition) is 2. The first-order chi connectivity index (χ1) is 11.5. The number of nitrogens with zero attached hydrogens (tertiary/aromatic N) is 3. The first-order valence-corrected chi connectivity index (χ1v) is 8.13. The van der Waals surface area contributed by atoms with E-state index >= 15 is 0 Å². The van der Waals surface area contributed by atoms with Crippen LogP contribution in [0.4, 0.5) is 4.79 Å². The molecule has 2 N–H and O–H groups in total. The summed E-state index contributed by atoms with van der Waals surface area (Å²) in [5.74, 6) is 0.964. The number of rotatable bonds is 6. The van der Waals surface area contributed by atoms with Gasteiger partial charge in [-0.3, -0.25) is 14.7 Å². The molecule has 0 bridgehead atoms. The van der Waals surface area contributed by atoms with Gasteiger partial charge in [0.25, 0.3) is 0 Å². The molecular formula is C15H19N5O3S. The summed E-state index contributed by atoms with van der Waals surface area (Å²) in [6.07, 6.45) is 3.31. The third kappa shape index (κ3) is 3.85. The van der Waals surface area contributed by atoms with Crippen molar-refractivity contribution in [3.63, 3.8) is 0 Å². The number of allylic oxidation sites excluding steroid dienone is 1. The molecule has 0 aliphatic rings. The van der Waals surface area contributed by atoms with Gasteiger partial charge in [0.2, 0.25) is 5.91 Å². The van der Waals surface area contributed by atoms with Crippen molar-refractivity contribution in [2.75, 3.05) is 7.05 Å². The molecule has 1 unspecified atom stereocenters. The highest BCUT2D eigenvalue weighted by atomic mass is 32.2. The van der Waals surface area contributed by atoms with Crippen molar-refractivity contribution in [1.82, 2.24) is 25.4 Å². The van der Waals surface area contributed by atoms with Gasteiger partial charge in [-0.25, -0.2) is 4.79 Å². The van der Waals surface area contributed by atoms with Crippen molar-refractivity contribution >= 4 is 23.7 Å². The maximum absolute atomic E-state index is 12.0. The normalized spacial score (nSPS) is 11.8. The Morgan fingerprint density at radius 2 is 2.25 bits per heavy atom. The minimum absolute atomic E-state index is 0.409. The van der Waals surface area contributed by atoms with Crippen LogP contribution in [0.1, 0.15) is 12.7 Å². The van der Waals surface area contributed by atoms with Gasteiger partial charge >= 0.3 is 6.03 Å². The zero-order valence-corrected chi connectivity index (χ0v) is 14.5. The van der Waals surface area contributed by atoms with Crippen molar-refractivity contribution < 1.29 is 14.0 Å². The molecule has 0 saturated heterocycles. The molecule has 0 aliphatic carbocycles. The van der Waals surface area contributed by atoms with E-state index in [1.54, 1.807) is 19.3 Å². The summed E-state index contributed by atoms with van der Waals surface area (Å²) in [5, 5.41) is 13.0. The van der Waals surface area contributed by atoms with Crippen molar-refractivity contribution in [3.8, 4) is 11.4 Å². The fourth-order valence-electron chi connectivity index (χ4n) is 1.97. The van der Waals surface area contributed by atoms with Crippen molar-refractivity contribution in [2.24, 2.45) is 0 Å². The van der Waals surface area contributed by atoms with Gasteiger partial charge in [0.15, 0.2) is 11.0 Å². The summed E-state index contributed by atoms with van der Waals surface area (Å²) in [4.78, 5) is 23.2. The lowest BCUT2D eigenvalue weighted by atomic mass is 10.2. The number of amides is 3. The Labute approximate surface area is 143 Å². The summed E-state index contributed by atoms with van der Waals surface area (Å²) in [7, 11) is 1.45. The number of thioether (sulfide) groups is 1. The molecule has 0 aromatic carbocycles. The van der Waals surface area contributed by atoms with E-state index in [0.29, 0.717) is 17.5 Å². The summed E-state index contributed by atoms with van der Waals surface area (Å²) in [6.45, 7) is 7.77. The van der Waals surface area contributed by atoms with Gasteiger partial charge in [-0.1, -0.05) is 17.8 Å². The molecule has 24 heavy (non-hydrogen) atoms. The number of furan rings is 1. The Morgan fingerprint density at radius 3 is 2.83 bits per heavy atom. The zero-order valence-electron chi connectivity index (χ0n) is 13.7. The Hall–Kier alpha value is -2.55. The van der Waals surface area contributed by atoms with Crippen molar-refractivity contribution in [2.45, 2.75) is 30.8 Å². The van der Waals surface area contributed by atoms with Gasteiger partial charge in [-0.05, 0) is 19.9 Å². The number of aromatic nitrogens is 3. The fourth-order valence-corrected chi connectivity index (χ4v) is 2.83.